The minimum absolute atomic E-state index is 0.0630. The van der Waals surface area contributed by atoms with Gasteiger partial charge in [0.1, 0.15) is 5.82 Å². The van der Waals surface area contributed by atoms with E-state index in [2.05, 4.69) is 28.7 Å². The van der Waals surface area contributed by atoms with Crippen LogP contribution in [0.15, 0.2) is 36.7 Å². The molecular weight excluding hydrogens is 264 g/mol. The Morgan fingerprint density at radius 3 is 2.90 bits per heavy atom. The number of benzene rings is 1. The molecule has 1 aromatic carbocycles. The number of anilines is 1. The molecule has 2 aromatic rings. The number of fused-ring (bicyclic) bond motifs is 1. The first-order valence-corrected chi connectivity index (χ1v) is 7.30. The molecule has 21 heavy (non-hydrogen) atoms. The van der Waals surface area contributed by atoms with Gasteiger partial charge in [-0.3, -0.25) is 4.79 Å². The van der Waals surface area contributed by atoms with Gasteiger partial charge >= 0.3 is 0 Å². The maximum Gasteiger partial charge on any atom is 0.256 e. The van der Waals surface area contributed by atoms with E-state index in [1.807, 2.05) is 35.4 Å². The largest absolute Gasteiger partial charge is 0.382 e. The van der Waals surface area contributed by atoms with E-state index in [4.69, 9.17) is 0 Å². The lowest BCUT2D eigenvalue weighted by Crippen LogP contribution is -2.38. The highest BCUT2D eigenvalue weighted by Crippen LogP contribution is 2.20. The van der Waals surface area contributed by atoms with Crippen molar-refractivity contribution >= 4 is 11.6 Å². The SMILES string of the molecule is CC(C)Nc1ccccc1C(=O)N1CCn2ccnc2C1. The van der Waals surface area contributed by atoms with E-state index >= 15 is 0 Å². The monoisotopic (exact) mass is 284 g/mol. The molecule has 3 rings (SSSR count). The van der Waals surface area contributed by atoms with E-state index in [0.717, 1.165) is 30.2 Å². The highest BCUT2D eigenvalue weighted by Gasteiger charge is 2.23. The Bertz CT molecular complexity index is 647. The average molecular weight is 284 g/mol. The second kappa shape index (κ2) is 5.60. The number of hydrogen-bond donors (Lipinski definition) is 1. The van der Waals surface area contributed by atoms with Gasteiger partial charge < -0.3 is 14.8 Å². The van der Waals surface area contributed by atoms with Crippen molar-refractivity contribution in [2.24, 2.45) is 0 Å². The summed E-state index contributed by atoms with van der Waals surface area (Å²) in [6.45, 7) is 6.23. The predicted octanol–water partition coefficient (Wildman–Crippen LogP) is 2.36. The van der Waals surface area contributed by atoms with Crippen molar-refractivity contribution in [2.45, 2.75) is 33.0 Å². The van der Waals surface area contributed by atoms with E-state index in [-0.39, 0.29) is 5.91 Å². The fourth-order valence-corrected chi connectivity index (χ4v) is 2.62. The van der Waals surface area contributed by atoms with Gasteiger partial charge in [-0.15, -0.1) is 0 Å². The van der Waals surface area contributed by atoms with Gasteiger partial charge in [-0.1, -0.05) is 12.1 Å². The van der Waals surface area contributed by atoms with Crippen molar-refractivity contribution in [1.82, 2.24) is 14.5 Å². The van der Waals surface area contributed by atoms with Crippen molar-refractivity contribution in [2.75, 3.05) is 11.9 Å². The number of amides is 1. The van der Waals surface area contributed by atoms with Crippen LogP contribution in [0.3, 0.4) is 0 Å². The van der Waals surface area contributed by atoms with Crippen LogP contribution in [-0.2, 0) is 13.1 Å². The van der Waals surface area contributed by atoms with Gasteiger partial charge in [0.15, 0.2) is 0 Å². The zero-order chi connectivity index (χ0) is 14.8. The number of carbonyl (C=O) groups is 1. The normalized spacial score (nSPS) is 14.1. The molecule has 5 nitrogen and oxygen atoms in total. The number of carbonyl (C=O) groups excluding carboxylic acids is 1. The minimum Gasteiger partial charge on any atom is -0.382 e. The first kappa shape index (κ1) is 13.7. The summed E-state index contributed by atoms with van der Waals surface area (Å²) in [6, 6.07) is 7.99. The van der Waals surface area contributed by atoms with E-state index in [0.29, 0.717) is 12.6 Å². The third-order valence-electron chi connectivity index (χ3n) is 3.63. The Morgan fingerprint density at radius 1 is 1.29 bits per heavy atom. The standard InChI is InChI=1S/C16H20N4O/c1-12(2)18-14-6-4-3-5-13(14)16(21)20-10-9-19-8-7-17-15(19)11-20/h3-8,12,18H,9-11H2,1-2H3. The lowest BCUT2D eigenvalue weighted by Gasteiger charge is -2.28. The molecule has 0 radical (unpaired) electrons. The van der Waals surface area contributed by atoms with Gasteiger partial charge in [0.2, 0.25) is 0 Å². The third kappa shape index (κ3) is 2.77. The maximum atomic E-state index is 12.8. The lowest BCUT2D eigenvalue weighted by molar-refractivity contribution is 0.0708. The molecule has 110 valence electrons. The van der Waals surface area contributed by atoms with Crippen LogP contribution in [0.25, 0.3) is 0 Å². The summed E-state index contributed by atoms with van der Waals surface area (Å²) in [5.74, 6) is 1.01. The Morgan fingerprint density at radius 2 is 2.10 bits per heavy atom. The Balaban J connectivity index is 1.83. The molecule has 1 amide bonds. The Labute approximate surface area is 124 Å². The zero-order valence-corrected chi connectivity index (χ0v) is 12.4. The maximum absolute atomic E-state index is 12.8. The number of hydrogen-bond acceptors (Lipinski definition) is 3. The lowest BCUT2D eigenvalue weighted by atomic mass is 10.1. The summed E-state index contributed by atoms with van der Waals surface area (Å²) in [6.07, 6.45) is 3.75. The molecule has 1 aliphatic rings. The summed E-state index contributed by atoms with van der Waals surface area (Å²) in [4.78, 5) is 19.0. The van der Waals surface area contributed by atoms with Gasteiger partial charge in [0.05, 0.1) is 12.1 Å². The van der Waals surface area contributed by atoms with E-state index < -0.39 is 0 Å². The smallest absolute Gasteiger partial charge is 0.256 e. The molecule has 0 unspecified atom stereocenters. The number of imidazole rings is 1. The van der Waals surface area contributed by atoms with Crippen LogP contribution in [0.5, 0.6) is 0 Å². The van der Waals surface area contributed by atoms with E-state index in [1.165, 1.54) is 0 Å². The molecule has 0 saturated carbocycles. The molecule has 0 atom stereocenters. The van der Waals surface area contributed by atoms with E-state index in [1.54, 1.807) is 6.20 Å². The van der Waals surface area contributed by atoms with Crippen molar-refractivity contribution in [3.05, 3.63) is 48.0 Å². The van der Waals surface area contributed by atoms with Gasteiger partial charge in [0, 0.05) is 37.2 Å². The first-order valence-electron chi connectivity index (χ1n) is 7.30. The van der Waals surface area contributed by atoms with Crippen LogP contribution >= 0.6 is 0 Å². The Kier molecular flexibility index (Phi) is 3.64. The number of para-hydroxylation sites is 1. The van der Waals surface area contributed by atoms with Gasteiger partial charge in [-0.2, -0.15) is 0 Å². The van der Waals surface area contributed by atoms with Crippen LogP contribution in [0.1, 0.15) is 30.0 Å². The number of nitrogens with one attached hydrogen (secondary N) is 1. The van der Waals surface area contributed by atoms with Crippen LogP contribution in [0.4, 0.5) is 5.69 Å². The van der Waals surface area contributed by atoms with Crippen LogP contribution in [-0.4, -0.2) is 32.9 Å². The second-order valence-electron chi connectivity index (χ2n) is 5.61. The molecule has 1 aromatic heterocycles. The summed E-state index contributed by atoms with van der Waals surface area (Å²) >= 11 is 0. The van der Waals surface area contributed by atoms with Crippen LogP contribution in [0.2, 0.25) is 0 Å². The van der Waals surface area contributed by atoms with Crippen molar-refractivity contribution in [3.63, 3.8) is 0 Å². The van der Waals surface area contributed by atoms with Crippen molar-refractivity contribution in [1.29, 1.82) is 0 Å². The molecule has 2 heterocycles. The summed E-state index contributed by atoms with van der Waals surface area (Å²) < 4.78 is 2.10. The minimum atomic E-state index is 0.0630. The quantitative estimate of drug-likeness (QED) is 0.941. The van der Waals surface area contributed by atoms with Crippen molar-refractivity contribution in [3.8, 4) is 0 Å². The van der Waals surface area contributed by atoms with Crippen LogP contribution < -0.4 is 5.32 Å². The molecule has 1 N–H and O–H groups in total. The molecule has 0 fully saturated rings. The highest BCUT2D eigenvalue weighted by atomic mass is 16.2. The van der Waals surface area contributed by atoms with Gasteiger partial charge in [0.25, 0.3) is 5.91 Å². The summed E-state index contributed by atoms with van der Waals surface area (Å²) in [5, 5.41) is 3.34. The summed E-state index contributed by atoms with van der Waals surface area (Å²) in [7, 11) is 0. The summed E-state index contributed by atoms with van der Waals surface area (Å²) in [5.41, 5.74) is 1.62. The third-order valence-corrected chi connectivity index (χ3v) is 3.63. The molecule has 0 bridgehead atoms. The average Bonchev–Trinajstić information content (AvgIpc) is 2.94. The van der Waals surface area contributed by atoms with Crippen LogP contribution in [0, 0.1) is 0 Å². The molecule has 0 spiro atoms. The number of nitrogens with zero attached hydrogens (tertiary/aromatic N) is 3. The molecule has 0 aliphatic carbocycles. The molecule has 1 aliphatic heterocycles. The highest BCUT2D eigenvalue weighted by molar-refractivity contribution is 5.99. The fourth-order valence-electron chi connectivity index (χ4n) is 2.62. The predicted molar refractivity (Wildman–Crippen MR) is 82.2 cm³/mol. The number of aromatic nitrogens is 2. The molecule has 0 saturated heterocycles. The molecular formula is C16H20N4O. The fraction of sp³-hybridized carbons (Fsp3) is 0.375. The van der Waals surface area contributed by atoms with Gasteiger partial charge in [-0.25, -0.2) is 4.98 Å². The number of rotatable bonds is 3. The van der Waals surface area contributed by atoms with Gasteiger partial charge in [-0.05, 0) is 26.0 Å². The Hall–Kier alpha value is -2.30. The van der Waals surface area contributed by atoms with E-state index in [9.17, 15) is 4.79 Å². The first-order chi connectivity index (χ1) is 10.1. The topological polar surface area (TPSA) is 50.2 Å². The van der Waals surface area contributed by atoms with Crippen molar-refractivity contribution < 1.29 is 4.79 Å². The second-order valence-corrected chi connectivity index (χ2v) is 5.61. The molecule has 5 heteroatoms. The zero-order valence-electron chi connectivity index (χ0n) is 12.4.